The van der Waals surface area contributed by atoms with Crippen molar-refractivity contribution in [1.82, 2.24) is 4.31 Å². The van der Waals surface area contributed by atoms with Gasteiger partial charge in [0.05, 0.1) is 12.0 Å². The molecule has 1 unspecified atom stereocenters. The molecule has 1 saturated heterocycles. The van der Waals surface area contributed by atoms with Crippen LogP contribution in [0.1, 0.15) is 43.2 Å². The molecule has 0 bridgehead atoms. The standard InChI is InChI=1S/C23H27ClN2O3S/c1-17-6-3-4-12-25-23(17)22(18-10-13-26(14-11-18)30(2,28)29)21-9-8-20(24)16-19(21)7-5-15-27/h4-9,12,15-16,18,22H,3,10-11,13-14H2,1-2H3/b7-5+. The molecule has 0 N–H and O–H groups in total. The Kier molecular flexibility index (Phi) is 7.45. The van der Waals surface area contributed by atoms with Crippen molar-refractivity contribution in [3.8, 4) is 0 Å². The Morgan fingerprint density at radius 3 is 2.67 bits per heavy atom. The van der Waals surface area contributed by atoms with E-state index >= 15 is 0 Å². The summed E-state index contributed by atoms with van der Waals surface area (Å²) in [6.45, 7) is 3.07. The highest BCUT2D eigenvalue weighted by molar-refractivity contribution is 7.88. The summed E-state index contributed by atoms with van der Waals surface area (Å²) < 4.78 is 25.5. The fourth-order valence-corrected chi connectivity index (χ4v) is 5.31. The van der Waals surface area contributed by atoms with Gasteiger partial charge in [0.25, 0.3) is 0 Å². The van der Waals surface area contributed by atoms with E-state index in [2.05, 4.69) is 13.0 Å². The number of rotatable bonds is 6. The topological polar surface area (TPSA) is 66.8 Å². The monoisotopic (exact) mass is 446 g/mol. The Bertz CT molecular complexity index is 1020. The SMILES string of the molecule is CC1=CCC=CN=C1C(c1ccc(Cl)cc1/C=C/C=O)C1CCN(S(C)(=O)=O)CC1. The lowest BCUT2D eigenvalue weighted by Gasteiger charge is -2.36. The molecule has 1 aromatic carbocycles. The van der Waals surface area contributed by atoms with E-state index in [1.54, 1.807) is 10.4 Å². The first kappa shape index (κ1) is 22.7. The highest BCUT2D eigenvalue weighted by Crippen LogP contribution is 2.39. The number of hydrogen-bond acceptors (Lipinski definition) is 4. The van der Waals surface area contributed by atoms with Crippen molar-refractivity contribution < 1.29 is 13.2 Å². The Morgan fingerprint density at radius 1 is 1.27 bits per heavy atom. The molecule has 0 aromatic heterocycles. The number of nitrogens with zero attached hydrogens (tertiary/aromatic N) is 2. The van der Waals surface area contributed by atoms with Crippen LogP contribution in [0.15, 0.2) is 53.2 Å². The van der Waals surface area contributed by atoms with Gasteiger partial charge in [-0.15, -0.1) is 0 Å². The van der Waals surface area contributed by atoms with E-state index in [1.165, 1.54) is 12.3 Å². The quantitative estimate of drug-likeness (QED) is 0.473. The lowest BCUT2D eigenvalue weighted by molar-refractivity contribution is -0.104. The van der Waals surface area contributed by atoms with Crippen LogP contribution in [0, 0.1) is 5.92 Å². The summed E-state index contributed by atoms with van der Waals surface area (Å²) in [5.74, 6) is 0.204. The highest BCUT2D eigenvalue weighted by atomic mass is 35.5. The molecule has 0 aliphatic carbocycles. The number of piperidine rings is 1. The summed E-state index contributed by atoms with van der Waals surface area (Å²) >= 11 is 6.25. The first-order valence-electron chi connectivity index (χ1n) is 10.1. The third-order valence-electron chi connectivity index (χ3n) is 5.76. The minimum absolute atomic E-state index is 0.0192. The molecular weight excluding hydrogens is 420 g/mol. The molecule has 5 nitrogen and oxygen atoms in total. The predicted molar refractivity (Wildman–Crippen MR) is 123 cm³/mol. The summed E-state index contributed by atoms with van der Waals surface area (Å²) in [7, 11) is -3.19. The zero-order chi connectivity index (χ0) is 21.7. The maximum Gasteiger partial charge on any atom is 0.211 e. The van der Waals surface area contributed by atoms with Crippen LogP contribution in [0.3, 0.4) is 0 Å². The number of aldehydes is 1. The fraction of sp³-hybridized carbons (Fsp3) is 0.391. The maximum absolute atomic E-state index is 12.0. The van der Waals surface area contributed by atoms with Gasteiger partial charge in [0.2, 0.25) is 10.0 Å². The largest absolute Gasteiger partial charge is 0.299 e. The fourth-order valence-electron chi connectivity index (χ4n) is 4.25. The molecule has 1 atom stereocenters. The maximum atomic E-state index is 12.0. The second kappa shape index (κ2) is 9.86. The number of benzene rings is 1. The molecule has 0 radical (unpaired) electrons. The van der Waals surface area contributed by atoms with Gasteiger partial charge in [-0.2, -0.15) is 0 Å². The number of halogens is 1. The van der Waals surface area contributed by atoms with Gasteiger partial charge < -0.3 is 0 Å². The molecular formula is C23H27ClN2O3S. The van der Waals surface area contributed by atoms with E-state index in [0.29, 0.717) is 18.1 Å². The van der Waals surface area contributed by atoms with Gasteiger partial charge >= 0.3 is 0 Å². The van der Waals surface area contributed by atoms with Crippen LogP contribution in [-0.2, 0) is 14.8 Å². The van der Waals surface area contributed by atoms with Crippen molar-refractivity contribution in [3.63, 3.8) is 0 Å². The number of sulfonamides is 1. The summed E-state index contributed by atoms with van der Waals surface area (Å²) in [6.07, 6.45) is 13.6. The number of allylic oxidation sites excluding steroid dienone is 4. The van der Waals surface area contributed by atoms with Crippen LogP contribution < -0.4 is 0 Å². The first-order valence-corrected chi connectivity index (χ1v) is 12.3. The van der Waals surface area contributed by atoms with E-state index in [0.717, 1.165) is 48.0 Å². The molecule has 30 heavy (non-hydrogen) atoms. The number of carbonyl (C=O) groups excluding carboxylic acids is 1. The van der Waals surface area contributed by atoms with Crippen LogP contribution in [0.4, 0.5) is 0 Å². The van der Waals surface area contributed by atoms with Crippen LogP contribution in [0.25, 0.3) is 6.08 Å². The molecule has 1 fully saturated rings. The molecule has 0 amide bonds. The van der Waals surface area contributed by atoms with E-state index in [-0.39, 0.29) is 11.8 Å². The zero-order valence-electron chi connectivity index (χ0n) is 17.3. The van der Waals surface area contributed by atoms with Gasteiger partial charge in [0.15, 0.2) is 0 Å². The second-order valence-electron chi connectivity index (χ2n) is 7.77. The van der Waals surface area contributed by atoms with Crippen molar-refractivity contribution >= 4 is 39.7 Å². The average Bonchev–Trinajstić information content (AvgIpc) is 2.92. The van der Waals surface area contributed by atoms with Crippen molar-refractivity contribution in [3.05, 3.63) is 64.3 Å². The highest BCUT2D eigenvalue weighted by Gasteiger charge is 2.34. The molecule has 0 spiro atoms. The Hall–Kier alpha value is -2.02. The lowest BCUT2D eigenvalue weighted by atomic mass is 9.74. The lowest BCUT2D eigenvalue weighted by Crippen LogP contribution is -2.40. The molecule has 0 saturated carbocycles. The summed E-state index contributed by atoms with van der Waals surface area (Å²) in [5, 5.41) is 0.602. The van der Waals surface area contributed by atoms with Gasteiger partial charge in [-0.3, -0.25) is 9.79 Å². The normalized spacial score (nSPS) is 20.0. The molecule has 7 heteroatoms. The summed E-state index contributed by atoms with van der Waals surface area (Å²) in [6, 6.07) is 5.73. The minimum atomic E-state index is -3.19. The van der Waals surface area contributed by atoms with E-state index in [4.69, 9.17) is 16.6 Å². The van der Waals surface area contributed by atoms with Crippen molar-refractivity contribution in [1.29, 1.82) is 0 Å². The van der Waals surface area contributed by atoms with E-state index in [9.17, 15) is 13.2 Å². The zero-order valence-corrected chi connectivity index (χ0v) is 18.9. The number of carbonyl (C=O) groups is 1. The van der Waals surface area contributed by atoms with E-state index < -0.39 is 10.0 Å². The molecule has 160 valence electrons. The molecule has 2 heterocycles. The molecule has 3 rings (SSSR count). The minimum Gasteiger partial charge on any atom is -0.299 e. The van der Waals surface area contributed by atoms with Crippen molar-refractivity contribution in [2.45, 2.75) is 32.1 Å². The first-order chi connectivity index (χ1) is 14.3. The van der Waals surface area contributed by atoms with Gasteiger partial charge in [0, 0.05) is 30.2 Å². The van der Waals surface area contributed by atoms with Gasteiger partial charge in [-0.05, 0) is 67.0 Å². The smallest absolute Gasteiger partial charge is 0.211 e. The average molecular weight is 447 g/mol. The third kappa shape index (κ3) is 5.36. The van der Waals surface area contributed by atoms with Gasteiger partial charge in [0.1, 0.15) is 6.29 Å². The Morgan fingerprint density at radius 2 is 2.00 bits per heavy atom. The van der Waals surface area contributed by atoms with Gasteiger partial charge in [-0.1, -0.05) is 35.9 Å². The van der Waals surface area contributed by atoms with Gasteiger partial charge in [-0.25, -0.2) is 12.7 Å². The molecule has 2 aliphatic rings. The third-order valence-corrected chi connectivity index (χ3v) is 7.29. The van der Waals surface area contributed by atoms with Crippen LogP contribution in [-0.4, -0.2) is 44.1 Å². The second-order valence-corrected chi connectivity index (χ2v) is 10.2. The van der Waals surface area contributed by atoms with Crippen LogP contribution in [0.2, 0.25) is 5.02 Å². The Labute approximate surface area is 183 Å². The molecule has 1 aromatic rings. The summed E-state index contributed by atoms with van der Waals surface area (Å²) in [5.41, 5.74) is 4.05. The number of aliphatic imine (C=N–C) groups is 1. The predicted octanol–water partition coefficient (Wildman–Crippen LogP) is 4.61. The van der Waals surface area contributed by atoms with Crippen LogP contribution >= 0.6 is 11.6 Å². The van der Waals surface area contributed by atoms with E-state index in [1.807, 2.05) is 30.5 Å². The number of hydrogen-bond donors (Lipinski definition) is 0. The van der Waals surface area contributed by atoms with Crippen molar-refractivity contribution in [2.75, 3.05) is 19.3 Å². The summed E-state index contributed by atoms with van der Waals surface area (Å²) in [4.78, 5) is 15.7. The van der Waals surface area contributed by atoms with Crippen molar-refractivity contribution in [2.24, 2.45) is 10.9 Å². The molecule has 2 aliphatic heterocycles. The Balaban J connectivity index is 2.06. The van der Waals surface area contributed by atoms with Crippen LogP contribution in [0.5, 0.6) is 0 Å².